The van der Waals surface area contributed by atoms with E-state index in [1.165, 1.54) is 0 Å². The summed E-state index contributed by atoms with van der Waals surface area (Å²) in [6.45, 7) is 3.08. The number of aromatic nitrogens is 3. The highest BCUT2D eigenvalue weighted by atomic mass is 16.2. The molecule has 1 atom stereocenters. The molecule has 0 spiro atoms. The number of hydrogen-bond donors (Lipinski definition) is 1. The Bertz CT molecular complexity index is 604. The molecule has 1 fully saturated rings. The van der Waals surface area contributed by atoms with E-state index in [-0.39, 0.29) is 11.9 Å². The maximum absolute atomic E-state index is 12.3. The van der Waals surface area contributed by atoms with Crippen LogP contribution >= 0.6 is 0 Å². The van der Waals surface area contributed by atoms with E-state index in [1.54, 1.807) is 25.2 Å². The summed E-state index contributed by atoms with van der Waals surface area (Å²) in [4.78, 5) is 24.8. The van der Waals surface area contributed by atoms with Gasteiger partial charge < -0.3 is 10.2 Å². The fourth-order valence-corrected chi connectivity index (χ4v) is 2.64. The first-order valence-electron chi connectivity index (χ1n) is 7.09. The lowest BCUT2D eigenvalue weighted by Gasteiger charge is -2.35. The number of piperazine rings is 1. The minimum atomic E-state index is -0.133. The molecule has 2 aromatic heterocycles. The van der Waals surface area contributed by atoms with Crippen molar-refractivity contribution in [1.82, 2.24) is 29.5 Å². The van der Waals surface area contributed by atoms with Crippen LogP contribution in [0.25, 0.3) is 5.78 Å². The smallest absolute Gasteiger partial charge is 0.240 e. The standard InChI is InChI=1S/C14H20N6O/c1-18(2)13(21)12-8-15-5-7-19(12)9-11-10-20-6-3-4-16-14(20)17-11/h3-4,6,10,12,15H,5,7-9H2,1-2H3. The molecule has 3 rings (SSSR count). The van der Waals surface area contributed by atoms with E-state index in [1.807, 2.05) is 22.9 Å². The SMILES string of the molecule is CN(C)C(=O)C1CNCCN1Cc1cn2cccnc2n1. The third kappa shape index (κ3) is 2.88. The molecule has 1 unspecified atom stereocenters. The molecule has 2 aromatic rings. The highest BCUT2D eigenvalue weighted by molar-refractivity contribution is 5.81. The van der Waals surface area contributed by atoms with Crippen molar-refractivity contribution >= 4 is 11.7 Å². The van der Waals surface area contributed by atoms with Crippen LogP contribution in [0, 0.1) is 0 Å². The largest absolute Gasteiger partial charge is 0.347 e. The molecule has 1 aliphatic rings. The van der Waals surface area contributed by atoms with Gasteiger partial charge in [-0.15, -0.1) is 0 Å². The number of nitrogens with zero attached hydrogens (tertiary/aromatic N) is 5. The molecule has 0 bridgehead atoms. The van der Waals surface area contributed by atoms with Crippen molar-refractivity contribution in [3.8, 4) is 0 Å². The van der Waals surface area contributed by atoms with Crippen LogP contribution in [0.5, 0.6) is 0 Å². The number of carbonyl (C=O) groups is 1. The summed E-state index contributed by atoms with van der Waals surface area (Å²) in [7, 11) is 3.59. The first-order chi connectivity index (χ1) is 10.1. The van der Waals surface area contributed by atoms with Crippen LogP contribution in [0.1, 0.15) is 5.69 Å². The molecule has 0 radical (unpaired) electrons. The van der Waals surface area contributed by atoms with Gasteiger partial charge >= 0.3 is 0 Å². The van der Waals surface area contributed by atoms with Crippen LogP contribution in [-0.4, -0.2) is 69.8 Å². The maximum Gasteiger partial charge on any atom is 0.240 e. The summed E-state index contributed by atoms with van der Waals surface area (Å²) in [5, 5.41) is 3.29. The van der Waals surface area contributed by atoms with Crippen LogP contribution in [0.4, 0.5) is 0 Å². The van der Waals surface area contributed by atoms with Gasteiger partial charge in [0.1, 0.15) is 6.04 Å². The van der Waals surface area contributed by atoms with Gasteiger partial charge in [0, 0.05) is 58.9 Å². The number of nitrogens with one attached hydrogen (secondary N) is 1. The van der Waals surface area contributed by atoms with Crippen LogP contribution in [0.15, 0.2) is 24.7 Å². The molecule has 1 N–H and O–H groups in total. The van der Waals surface area contributed by atoms with Crippen LogP contribution < -0.4 is 5.32 Å². The summed E-state index contributed by atoms with van der Waals surface area (Å²) in [6, 6.07) is 1.74. The van der Waals surface area contributed by atoms with Crippen LogP contribution in [0.2, 0.25) is 0 Å². The number of amides is 1. The third-order valence-corrected chi connectivity index (χ3v) is 3.73. The monoisotopic (exact) mass is 288 g/mol. The number of likely N-dealkylation sites (N-methyl/N-ethyl adjacent to an activating group) is 1. The summed E-state index contributed by atoms with van der Waals surface area (Å²) < 4.78 is 1.90. The maximum atomic E-state index is 12.3. The van der Waals surface area contributed by atoms with Crippen molar-refractivity contribution in [3.63, 3.8) is 0 Å². The number of fused-ring (bicyclic) bond motifs is 1. The molecule has 3 heterocycles. The first kappa shape index (κ1) is 14.0. The van der Waals surface area contributed by atoms with Crippen molar-refractivity contribution in [1.29, 1.82) is 0 Å². The molecule has 7 nitrogen and oxygen atoms in total. The van der Waals surface area contributed by atoms with Crippen molar-refractivity contribution in [2.75, 3.05) is 33.7 Å². The lowest BCUT2D eigenvalue weighted by molar-refractivity contribution is -0.135. The zero-order valence-electron chi connectivity index (χ0n) is 12.4. The Morgan fingerprint density at radius 1 is 1.52 bits per heavy atom. The fraction of sp³-hybridized carbons (Fsp3) is 0.500. The minimum absolute atomic E-state index is 0.129. The second kappa shape index (κ2) is 5.79. The Morgan fingerprint density at radius 3 is 3.14 bits per heavy atom. The summed E-state index contributed by atoms with van der Waals surface area (Å²) >= 11 is 0. The van der Waals surface area contributed by atoms with Gasteiger partial charge in [-0.1, -0.05) is 0 Å². The van der Waals surface area contributed by atoms with Crippen molar-refractivity contribution in [3.05, 3.63) is 30.4 Å². The molecule has 112 valence electrons. The molecule has 0 saturated carbocycles. The zero-order chi connectivity index (χ0) is 14.8. The van der Waals surface area contributed by atoms with Gasteiger partial charge in [-0.2, -0.15) is 0 Å². The molecule has 1 amide bonds. The van der Waals surface area contributed by atoms with Gasteiger partial charge in [-0.25, -0.2) is 9.97 Å². The lowest BCUT2D eigenvalue weighted by atomic mass is 10.1. The Morgan fingerprint density at radius 2 is 2.38 bits per heavy atom. The summed E-state index contributed by atoms with van der Waals surface area (Å²) in [6.07, 6.45) is 5.63. The van der Waals surface area contributed by atoms with E-state index < -0.39 is 0 Å². The first-order valence-corrected chi connectivity index (χ1v) is 7.09. The Balaban J connectivity index is 1.79. The van der Waals surface area contributed by atoms with Gasteiger partial charge in [0.25, 0.3) is 0 Å². The average molecular weight is 288 g/mol. The minimum Gasteiger partial charge on any atom is -0.347 e. The molecule has 1 aliphatic heterocycles. The van der Waals surface area contributed by atoms with E-state index in [2.05, 4.69) is 20.2 Å². The predicted molar refractivity (Wildman–Crippen MR) is 78.7 cm³/mol. The third-order valence-electron chi connectivity index (χ3n) is 3.73. The predicted octanol–water partition coefficient (Wildman–Crippen LogP) is -0.409. The lowest BCUT2D eigenvalue weighted by Crippen LogP contribution is -2.57. The van der Waals surface area contributed by atoms with Gasteiger partial charge in [-0.05, 0) is 6.07 Å². The molecule has 0 aliphatic carbocycles. The topological polar surface area (TPSA) is 65.8 Å². The highest BCUT2D eigenvalue weighted by Crippen LogP contribution is 2.12. The van der Waals surface area contributed by atoms with E-state index in [0.717, 1.165) is 18.8 Å². The Kier molecular flexibility index (Phi) is 3.85. The second-order valence-corrected chi connectivity index (χ2v) is 5.48. The number of carbonyl (C=O) groups excluding carboxylic acids is 1. The van der Waals surface area contributed by atoms with Crippen LogP contribution in [0.3, 0.4) is 0 Å². The summed E-state index contributed by atoms with van der Waals surface area (Å²) in [5.41, 5.74) is 0.937. The summed E-state index contributed by atoms with van der Waals surface area (Å²) in [5.74, 6) is 0.821. The quantitative estimate of drug-likeness (QED) is 0.832. The molecule has 0 aromatic carbocycles. The number of hydrogen-bond acceptors (Lipinski definition) is 5. The van der Waals surface area contributed by atoms with E-state index in [9.17, 15) is 4.79 Å². The van der Waals surface area contributed by atoms with Crippen molar-refractivity contribution in [2.24, 2.45) is 0 Å². The van der Waals surface area contributed by atoms with E-state index in [0.29, 0.717) is 18.9 Å². The Labute approximate surface area is 123 Å². The van der Waals surface area contributed by atoms with Crippen molar-refractivity contribution < 1.29 is 4.79 Å². The van der Waals surface area contributed by atoms with E-state index >= 15 is 0 Å². The average Bonchev–Trinajstić information content (AvgIpc) is 2.89. The van der Waals surface area contributed by atoms with Gasteiger partial charge in [0.15, 0.2) is 0 Å². The normalized spacial score (nSPS) is 19.8. The van der Waals surface area contributed by atoms with Gasteiger partial charge in [0.2, 0.25) is 11.7 Å². The van der Waals surface area contributed by atoms with Gasteiger partial charge in [-0.3, -0.25) is 14.1 Å². The highest BCUT2D eigenvalue weighted by Gasteiger charge is 2.30. The van der Waals surface area contributed by atoms with E-state index in [4.69, 9.17) is 0 Å². The van der Waals surface area contributed by atoms with Crippen LogP contribution in [-0.2, 0) is 11.3 Å². The zero-order valence-corrected chi connectivity index (χ0v) is 12.4. The molecular formula is C14H20N6O. The van der Waals surface area contributed by atoms with Gasteiger partial charge in [0.05, 0.1) is 5.69 Å². The number of rotatable bonds is 3. The molecular weight excluding hydrogens is 268 g/mol. The fourth-order valence-electron chi connectivity index (χ4n) is 2.64. The molecule has 1 saturated heterocycles. The molecule has 21 heavy (non-hydrogen) atoms. The second-order valence-electron chi connectivity index (χ2n) is 5.48. The number of imidazole rings is 1. The Hall–Kier alpha value is -1.99. The molecule has 7 heteroatoms. The van der Waals surface area contributed by atoms with Crippen molar-refractivity contribution in [2.45, 2.75) is 12.6 Å².